The fraction of sp³-hybridized carbons (Fsp3) is 0.333. The van der Waals surface area contributed by atoms with Crippen LogP contribution in [0.2, 0.25) is 0 Å². The lowest BCUT2D eigenvalue weighted by molar-refractivity contribution is 0.0955. The zero-order chi connectivity index (χ0) is 21.2. The van der Waals surface area contributed by atoms with E-state index in [4.69, 9.17) is 4.74 Å². The number of fused-ring (bicyclic) bond motifs is 1. The van der Waals surface area contributed by atoms with E-state index in [1.165, 1.54) is 16.8 Å². The molecule has 0 saturated heterocycles. The maximum absolute atomic E-state index is 12.2. The molecule has 0 spiro atoms. The number of carbonyl (C=O) groups excluding carboxylic acids is 1. The highest BCUT2D eigenvalue weighted by molar-refractivity contribution is 5.95. The summed E-state index contributed by atoms with van der Waals surface area (Å²) in [7, 11) is 1.59. The third-order valence-corrected chi connectivity index (χ3v) is 5.14. The Labute approximate surface area is 173 Å². The van der Waals surface area contributed by atoms with Crippen LogP contribution in [0, 0.1) is 0 Å². The number of allylic oxidation sites excluding steroid dienone is 1. The van der Waals surface area contributed by atoms with Crippen LogP contribution in [0.5, 0.6) is 5.75 Å². The standard InChI is InChI=1S/C24H29N3O2/c1-16(2)27-22-12-7-18(13-21(22)17(3)14-24(27,4)5)15-25-26-23(28)19-8-10-20(29-6)11-9-19/h7-16H,1-6H3,(H,26,28)/b25-15+. The minimum absolute atomic E-state index is 0.0345. The van der Waals surface area contributed by atoms with E-state index >= 15 is 0 Å². The summed E-state index contributed by atoms with van der Waals surface area (Å²) in [6.07, 6.45) is 3.98. The van der Waals surface area contributed by atoms with Crippen molar-refractivity contribution in [1.29, 1.82) is 0 Å². The van der Waals surface area contributed by atoms with E-state index in [2.05, 4.69) is 68.3 Å². The lowest BCUT2D eigenvalue weighted by atomic mass is 9.87. The average molecular weight is 392 g/mol. The van der Waals surface area contributed by atoms with Crippen molar-refractivity contribution in [3.8, 4) is 5.75 Å². The van der Waals surface area contributed by atoms with Gasteiger partial charge in [-0.2, -0.15) is 5.10 Å². The number of methoxy groups -OCH3 is 1. The van der Waals surface area contributed by atoms with Crippen molar-refractivity contribution in [2.75, 3.05) is 12.0 Å². The molecule has 3 rings (SSSR count). The minimum atomic E-state index is -0.259. The predicted molar refractivity (Wildman–Crippen MR) is 120 cm³/mol. The van der Waals surface area contributed by atoms with Crippen LogP contribution in [-0.4, -0.2) is 30.8 Å². The Morgan fingerprint density at radius 3 is 2.48 bits per heavy atom. The third-order valence-electron chi connectivity index (χ3n) is 5.14. The SMILES string of the molecule is COc1ccc(C(=O)N/N=C/c2ccc3c(c2)C(C)=CC(C)(C)N3C(C)C)cc1. The Morgan fingerprint density at radius 1 is 1.17 bits per heavy atom. The quantitative estimate of drug-likeness (QED) is 0.584. The Hall–Kier alpha value is -3.08. The van der Waals surface area contributed by atoms with Gasteiger partial charge < -0.3 is 9.64 Å². The molecule has 29 heavy (non-hydrogen) atoms. The molecule has 1 aliphatic heterocycles. The number of hydrazone groups is 1. The van der Waals surface area contributed by atoms with Gasteiger partial charge in [-0.25, -0.2) is 5.43 Å². The Bertz CT molecular complexity index is 957. The molecule has 1 heterocycles. The van der Waals surface area contributed by atoms with Gasteiger partial charge >= 0.3 is 0 Å². The molecule has 2 aromatic carbocycles. The smallest absolute Gasteiger partial charge is 0.271 e. The predicted octanol–water partition coefficient (Wildman–Crippen LogP) is 4.87. The molecular weight excluding hydrogens is 362 g/mol. The second-order valence-corrected chi connectivity index (χ2v) is 8.15. The molecule has 152 valence electrons. The highest BCUT2D eigenvalue weighted by atomic mass is 16.5. The van der Waals surface area contributed by atoms with Gasteiger partial charge in [-0.15, -0.1) is 0 Å². The van der Waals surface area contributed by atoms with Crippen LogP contribution in [-0.2, 0) is 0 Å². The summed E-state index contributed by atoms with van der Waals surface area (Å²) in [5.74, 6) is 0.451. The Morgan fingerprint density at radius 2 is 1.86 bits per heavy atom. The van der Waals surface area contributed by atoms with E-state index in [-0.39, 0.29) is 11.4 Å². The topological polar surface area (TPSA) is 53.9 Å². The molecule has 0 aromatic heterocycles. The first-order valence-electron chi connectivity index (χ1n) is 9.83. The first-order valence-corrected chi connectivity index (χ1v) is 9.83. The molecule has 5 heteroatoms. The average Bonchev–Trinajstić information content (AvgIpc) is 2.67. The lowest BCUT2D eigenvalue weighted by Crippen LogP contribution is -2.49. The van der Waals surface area contributed by atoms with Crippen molar-refractivity contribution in [2.24, 2.45) is 5.10 Å². The third kappa shape index (κ3) is 4.34. The molecule has 0 radical (unpaired) electrons. The van der Waals surface area contributed by atoms with Crippen molar-refractivity contribution in [2.45, 2.75) is 46.2 Å². The number of ether oxygens (including phenoxy) is 1. The summed E-state index contributed by atoms with van der Waals surface area (Å²) in [6, 6.07) is 13.6. The van der Waals surface area contributed by atoms with E-state index < -0.39 is 0 Å². The number of benzene rings is 2. The van der Waals surface area contributed by atoms with Gasteiger partial charge in [0.05, 0.1) is 18.9 Å². The Balaban J connectivity index is 1.77. The molecule has 2 aromatic rings. The van der Waals surface area contributed by atoms with Crippen LogP contribution in [0.3, 0.4) is 0 Å². The van der Waals surface area contributed by atoms with Gasteiger partial charge in [-0.1, -0.05) is 12.1 Å². The van der Waals surface area contributed by atoms with Crippen molar-refractivity contribution in [1.82, 2.24) is 5.43 Å². The van der Waals surface area contributed by atoms with Crippen molar-refractivity contribution >= 4 is 23.4 Å². The second-order valence-electron chi connectivity index (χ2n) is 8.15. The van der Waals surface area contributed by atoms with Gasteiger partial charge in [0.2, 0.25) is 0 Å². The normalized spacial score (nSPS) is 15.3. The van der Waals surface area contributed by atoms with Crippen LogP contribution in [0.1, 0.15) is 56.1 Å². The fourth-order valence-electron chi connectivity index (χ4n) is 4.06. The minimum Gasteiger partial charge on any atom is -0.497 e. The van der Waals surface area contributed by atoms with Crippen LogP contribution in [0.4, 0.5) is 5.69 Å². The van der Waals surface area contributed by atoms with E-state index in [0.29, 0.717) is 17.4 Å². The van der Waals surface area contributed by atoms with E-state index in [1.807, 2.05) is 6.07 Å². The maximum atomic E-state index is 12.2. The lowest BCUT2D eigenvalue weighted by Gasteiger charge is -2.46. The molecule has 1 aliphatic rings. The maximum Gasteiger partial charge on any atom is 0.271 e. The Kier molecular flexibility index (Phi) is 5.78. The van der Waals surface area contributed by atoms with E-state index in [0.717, 1.165) is 5.56 Å². The summed E-state index contributed by atoms with van der Waals surface area (Å²) < 4.78 is 5.11. The van der Waals surface area contributed by atoms with Crippen molar-refractivity contribution in [3.63, 3.8) is 0 Å². The number of hydrogen-bond donors (Lipinski definition) is 1. The van der Waals surface area contributed by atoms with Crippen LogP contribution < -0.4 is 15.1 Å². The summed E-state index contributed by atoms with van der Waals surface area (Å²) in [4.78, 5) is 14.7. The number of amides is 1. The van der Waals surface area contributed by atoms with Gasteiger partial charge in [0.15, 0.2) is 0 Å². The summed E-state index contributed by atoms with van der Waals surface area (Å²) >= 11 is 0. The first kappa shape index (κ1) is 20.6. The molecular formula is C24H29N3O2. The first-order chi connectivity index (χ1) is 13.7. The van der Waals surface area contributed by atoms with Gasteiger partial charge in [-0.3, -0.25) is 4.79 Å². The molecule has 0 fully saturated rings. The zero-order valence-electron chi connectivity index (χ0n) is 18.0. The van der Waals surface area contributed by atoms with E-state index in [1.54, 1.807) is 37.6 Å². The summed E-state index contributed by atoms with van der Waals surface area (Å²) in [5, 5.41) is 4.13. The molecule has 1 amide bonds. The van der Waals surface area contributed by atoms with Crippen LogP contribution in [0.15, 0.2) is 53.6 Å². The van der Waals surface area contributed by atoms with Gasteiger partial charge in [0, 0.05) is 22.9 Å². The van der Waals surface area contributed by atoms with Crippen molar-refractivity contribution < 1.29 is 9.53 Å². The molecule has 0 saturated carbocycles. The summed E-state index contributed by atoms with van der Waals surface area (Å²) in [6.45, 7) is 11.0. The molecule has 1 N–H and O–H groups in total. The molecule has 0 unspecified atom stereocenters. The molecule has 0 aliphatic carbocycles. The van der Waals surface area contributed by atoms with Gasteiger partial charge in [0.1, 0.15) is 5.75 Å². The highest BCUT2D eigenvalue weighted by Gasteiger charge is 2.32. The number of carbonyl (C=O) groups is 1. The number of hydrogen-bond acceptors (Lipinski definition) is 4. The van der Waals surface area contributed by atoms with E-state index in [9.17, 15) is 4.79 Å². The largest absolute Gasteiger partial charge is 0.497 e. The van der Waals surface area contributed by atoms with Gasteiger partial charge in [-0.05, 0) is 82.2 Å². The molecule has 0 bridgehead atoms. The molecule has 5 nitrogen and oxygen atoms in total. The number of anilines is 1. The van der Waals surface area contributed by atoms with Gasteiger partial charge in [0.25, 0.3) is 5.91 Å². The molecule has 0 atom stereocenters. The zero-order valence-corrected chi connectivity index (χ0v) is 18.0. The van der Waals surface area contributed by atoms with Crippen LogP contribution in [0.25, 0.3) is 5.57 Å². The summed E-state index contributed by atoms with van der Waals surface area (Å²) in [5.41, 5.74) is 7.69. The fourth-order valence-corrected chi connectivity index (χ4v) is 4.06. The highest BCUT2D eigenvalue weighted by Crippen LogP contribution is 2.40. The number of nitrogens with one attached hydrogen (secondary N) is 1. The number of nitrogens with zero attached hydrogens (tertiary/aromatic N) is 2. The van der Waals surface area contributed by atoms with Crippen molar-refractivity contribution in [3.05, 3.63) is 65.2 Å². The monoisotopic (exact) mass is 391 g/mol. The number of rotatable bonds is 5. The van der Waals surface area contributed by atoms with Crippen LogP contribution >= 0.6 is 0 Å². The second kappa shape index (κ2) is 8.11.